The number of nitrogens with zero attached hydrogens (tertiary/aromatic N) is 2. The van der Waals surface area contributed by atoms with Gasteiger partial charge in [0.2, 0.25) is 21.8 Å². The van der Waals surface area contributed by atoms with Crippen molar-refractivity contribution < 1.29 is 22.4 Å². The molecule has 1 atom stereocenters. The Balaban J connectivity index is 1.35. The normalized spacial score (nSPS) is 19.4. The molecule has 176 valence electrons. The lowest BCUT2D eigenvalue weighted by molar-refractivity contribution is -0.129. The molecule has 2 saturated heterocycles. The van der Waals surface area contributed by atoms with Crippen molar-refractivity contribution >= 4 is 27.5 Å². The van der Waals surface area contributed by atoms with E-state index >= 15 is 0 Å². The monoisotopic (exact) mass is 473 g/mol. The fourth-order valence-corrected chi connectivity index (χ4v) is 5.86. The van der Waals surface area contributed by atoms with Crippen molar-refractivity contribution in [2.75, 3.05) is 31.5 Å². The largest absolute Gasteiger partial charge is 0.342 e. The molecular weight excluding hydrogens is 445 g/mol. The minimum atomic E-state index is -3.79. The number of amides is 2. The molecule has 9 heteroatoms. The first kappa shape index (κ1) is 23.4. The molecule has 2 aromatic carbocycles. The summed E-state index contributed by atoms with van der Waals surface area (Å²) in [5, 5.41) is 2.86. The Bertz CT molecular complexity index is 1100. The number of carbonyl (C=O) groups is 2. The molecule has 1 N–H and O–H groups in total. The molecule has 33 heavy (non-hydrogen) atoms. The van der Waals surface area contributed by atoms with Crippen LogP contribution in [0.4, 0.5) is 10.1 Å². The summed E-state index contributed by atoms with van der Waals surface area (Å²) in [5.74, 6) is -1.11. The zero-order valence-electron chi connectivity index (χ0n) is 18.4. The number of likely N-dealkylation sites (tertiary alicyclic amines) is 1. The Kier molecular flexibility index (Phi) is 7.09. The highest BCUT2D eigenvalue weighted by molar-refractivity contribution is 7.89. The van der Waals surface area contributed by atoms with Gasteiger partial charge in [0.1, 0.15) is 5.82 Å². The van der Waals surface area contributed by atoms with Crippen LogP contribution in [-0.2, 0) is 26.0 Å². The van der Waals surface area contributed by atoms with Crippen LogP contribution in [0.1, 0.15) is 31.2 Å². The van der Waals surface area contributed by atoms with Gasteiger partial charge >= 0.3 is 0 Å². The van der Waals surface area contributed by atoms with Crippen LogP contribution in [0.25, 0.3) is 0 Å². The summed E-state index contributed by atoms with van der Waals surface area (Å²) in [6.07, 6.45) is 3.60. The topological polar surface area (TPSA) is 86.8 Å². The summed E-state index contributed by atoms with van der Waals surface area (Å²) in [6.45, 7) is 2.04. The summed E-state index contributed by atoms with van der Waals surface area (Å²) < 4.78 is 40.2. The highest BCUT2D eigenvalue weighted by Crippen LogP contribution is 2.25. The average molecular weight is 474 g/mol. The van der Waals surface area contributed by atoms with Crippen molar-refractivity contribution in [3.05, 3.63) is 59.9 Å². The standard InChI is InChI=1S/C24H28FN3O4S/c25-20-7-11-22(12-8-20)33(31,32)28-15-3-4-19(17-28)24(30)26-21-9-5-18(6-10-21)16-23(29)27-13-1-2-14-27/h5-12,19H,1-4,13-17H2,(H,26,30). The van der Waals surface area contributed by atoms with E-state index in [0.29, 0.717) is 31.5 Å². The second-order valence-corrected chi connectivity index (χ2v) is 10.5. The van der Waals surface area contributed by atoms with Crippen LogP contribution in [0, 0.1) is 11.7 Å². The number of hydrogen-bond acceptors (Lipinski definition) is 4. The van der Waals surface area contributed by atoms with Crippen LogP contribution in [0.15, 0.2) is 53.4 Å². The zero-order chi connectivity index (χ0) is 23.4. The first-order valence-corrected chi connectivity index (χ1v) is 12.7. The molecule has 0 radical (unpaired) electrons. The molecule has 2 aliphatic heterocycles. The number of hydrogen-bond donors (Lipinski definition) is 1. The molecule has 2 amide bonds. The number of halogens is 1. The molecule has 4 rings (SSSR count). The van der Waals surface area contributed by atoms with E-state index in [1.165, 1.54) is 16.4 Å². The lowest BCUT2D eigenvalue weighted by Gasteiger charge is -2.31. The molecule has 1 unspecified atom stereocenters. The van der Waals surface area contributed by atoms with Crippen LogP contribution in [0.5, 0.6) is 0 Å². The molecule has 0 aliphatic carbocycles. The summed E-state index contributed by atoms with van der Waals surface area (Å²) in [6, 6.07) is 11.9. The Labute approximate surface area is 193 Å². The smallest absolute Gasteiger partial charge is 0.243 e. The molecule has 2 aliphatic rings. The van der Waals surface area contributed by atoms with Crippen LogP contribution >= 0.6 is 0 Å². The Morgan fingerprint density at radius 2 is 1.61 bits per heavy atom. The number of benzene rings is 2. The van der Waals surface area contributed by atoms with E-state index in [1.807, 2.05) is 17.0 Å². The van der Waals surface area contributed by atoms with Gasteiger partial charge in [0.15, 0.2) is 0 Å². The van der Waals surface area contributed by atoms with E-state index < -0.39 is 21.8 Å². The van der Waals surface area contributed by atoms with E-state index in [-0.39, 0.29) is 23.3 Å². The molecule has 7 nitrogen and oxygen atoms in total. The number of anilines is 1. The van der Waals surface area contributed by atoms with Crippen molar-refractivity contribution in [2.45, 2.75) is 37.0 Å². The minimum absolute atomic E-state index is 0.0176. The summed E-state index contributed by atoms with van der Waals surface area (Å²) in [5.41, 5.74) is 1.50. The zero-order valence-corrected chi connectivity index (χ0v) is 19.2. The molecule has 0 saturated carbocycles. The molecule has 2 aromatic rings. The quantitative estimate of drug-likeness (QED) is 0.699. The maximum Gasteiger partial charge on any atom is 0.243 e. The van der Waals surface area contributed by atoms with E-state index in [0.717, 1.165) is 43.6 Å². The van der Waals surface area contributed by atoms with E-state index in [2.05, 4.69) is 5.32 Å². The van der Waals surface area contributed by atoms with Crippen LogP contribution in [-0.4, -0.2) is 55.6 Å². The number of piperidine rings is 1. The number of rotatable bonds is 6. The van der Waals surface area contributed by atoms with Gasteiger partial charge in [-0.05, 0) is 67.6 Å². The van der Waals surface area contributed by atoms with Gasteiger partial charge in [0.05, 0.1) is 17.2 Å². The Morgan fingerprint density at radius 3 is 2.27 bits per heavy atom. The highest BCUT2D eigenvalue weighted by atomic mass is 32.2. The first-order chi connectivity index (χ1) is 15.8. The predicted molar refractivity (Wildman–Crippen MR) is 122 cm³/mol. The van der Waals surface area contributed by atoms with Crippen molar-refractivity contribution in [1.29, 1.82) is 0 Å². The molecule has 2 heterocycles. The van der Waals surface area contributed by atoms with E-state index in [1.54, 1.807) is 12.1 Å². The lowest BCUT2D eigenvalue weighted by atomic mass is 9.98. The SMILES string of the molecule is O=C(Nc1ccc(CC(=O)N2CCCC2)cc1)C1CCCN(S(=O)(=O)c2ccc(F)cc2)C1. The lowest BCUT2D eigenvalue weighted by Crippen LogP contribution is -2.43. The maximum absolute atomic E-state index is 13.2. The Morgan fingerprint density at radius 1 is 0.939 bits per heavy atom. The number of carbonyl (C=O) groups excluding carboxylic acids is 2. The van der Waals surface area contributed by atoms with Crippen molar-refractivity contribution in [3.63, 3.8) is 0 Å². The minimum Gasteiger partial charge on any atom is -0.342 e. The van der Waals surface area contributed by atoms with Crippen LogP contribution in [0.2, 0.25) is 0 Å². The molecule has 0 aromatic heterocycles. The fraction of sp³-hybridized carbons (Fsp3) is 0.417. The summed E-state index contributed by atoms with van der Waals surface area (Å²) in [4.78, 5) is 27.0. The molecule has 0 spiro atoms. The van der Waals surface area contributed by atoms with Gasteiger partial charge in [-0.2, -0.15) is 4.31 Å². The van der Waals surface area contributed by atoms with E-state index in [9.17, 15) is 22.4 Å². The van der Waals surface area contributed by atoms with Crippen molar-refractivity contribution in [1.82, 2.24) is 9.21 Å². The van der Waals surface area contributed by atoms with Gasteiger partial charge in [-0.3, -0.25) is 9.59 Å². The average Bonchev–Trinajstić information content (AvgIpc) is 3.36. The van der Waals surface area contributed by atoms with E-state index in [4.69, 9.17) is 0 Å². The van der Waals surface area contributed by atoms with Crippen LogP contribution in [0.3, 0.4) is 0 Å². The summed E-state index contributed by atoms with van der Waals surface area (Å²) in [7, 11) is -3.79. The van der Waals surface area contributed by atoms with Gasteiger partial charge < -0.3 is 10.2 Å². The molecule has 0 bridgehead atoms. The van der Waals surface area contributed by atoms with Gasteiger partial charge in [-0.15, -0.1) is 0 Å². The maximum atomic E-state index is 13.2. The van der Waals surface area contributed by atoms with Crippen molar-refractivity contribution in [2.24, 2.45) is 5.92 Å². The second-order valence-electron chi connectivity index (χ2n) is 8.61. The Hall–Kier alpha value is -2.78. The summed E-state index contributed by atoms with van der Waals surface area (Å²) >= 11 is 0. The molecular formula is C24H28FN3O4S. The molecule has 2 fully saturated rings. The third-order valence-electron chi connectivity index (χ3n) is 6.24. The third-order valence-corrected chi connectivity index (χ3v) is 8.12. The van der Waals surface area contributed by atoms with Crippen LogP contribution < -0.4 is 5.32 Å². The predicted octanol–water partition coefficient (Wildman–Crippen LogP) is 3.03. The second kappa shape index (κ2) is 10.0. The van der Waals surface area contributed by atoms with Crippen molar-refractivity contribution in [3.8, 4) is 0 Å². The third kappa shape index (κ3) is 5.59. The van der Waals surface area contributed by atoms with Gasteiger partial charge in [0.25, 0.3) is 0 Å². The van der Waals surface area contributed by atoms with Gasteiger partial charge in [-0.25, -0.2) is 12.8 Å². The number of sulfonamides is 1. The van der Waals surface area contributed by atoms with Gasteiger partial charge in [0, 0.05) is 31.9 Å². The van der Waals surface area contributed by atoms with Gasteiger partial charge in [-0.1, -0.05) is 12.1 Å². The first-order valence-electron chi connectivity index (χ1n) is 11.3. The number of nitrogens with one attached hydrogen (secondary N) is 1. The fourth-order valence-electron chi connectivity index (χ4n) is 4.33. The highest BCUT2D eigenvalue weighted by Gasteiger charge is 2.33.